The predicted octanol–water partition coefficient (Wildman–Crippen LogP) is 2.28. The van der Waals surface area contributed by atoms with Gasteiger partial charge in [0.1, 0.15) is 5.82 Å². The molecule has 9 heteroatoms. The van der Waals surface area contributed by atoms with Crippen molar-refractivity contribution >= 4 is 29.1 Å². The first-order valence-electron chi connectivity index (χ1n) is 11.1. The van der Waals surface area contributed by atoms with Gasteiger partial charge in [-0.1, -0.05) is 6.07 Å². The van der Waals surface area contributed by atoms with Gasteiger partial charge >= 0.3 is 5.97 Å². The summed E-state index contributed by atoms with van der Waals surface area (Å²) < 4.78 is 6.70. The van der Waals surface area contributed by atoms with Gasteiger partial charge in [-0.05, 0) is 49.2 Å². The maximum absolute atomic E-state index is 13.3. The fourth-order valence-corrected chi connectivity index (χ4v) is 4.80. The Morgan fingerprint density at radius 3 is 2.67 bits per heavy atom. The molecule has 2 aromatic heterocycles. The molecule has 9 nitrogen and oxygen atoms in total. The molecule has 2 amide bonds. The van der Waals surface area contributed by atoms with Gasteiger partial charge in [0.2, 0.25) is 11.8 Å². The van der Waals surface area contributed by atoms with E-state index in [-0.39, 0.29) is 30.1 Å². The van der Waals surface area contributed by atoms with E-state index < -0.39 is 5.97 Å². The number of hydrogen-bond acceptors (Lipinski definition) is 6. The summed E-state index contributed by atoms with van der Waals surface area (Å²) in [5, 5.41) is 8.63. The highest BCUT2D eigenvalue weighted by atomic mass is 16.5. The number of piperidine rings is 1. The van der Waals surface area contributed by atoms with Crippen molar-refractivity contribution in [2.75, 3.05) is 31.6 Å². The number of benzene rings is 1. The van der Waals surface area contributed by atoms with Crippen molar-refractivity contribution in [3.05, 3.63) is 60.0 Å². The molecule has 1 aromatic carbocycles. The number of ether oxygens (including phenoxy) is 1. The second kappa shape index (κ2) is 8.65. The third-order valence-corrected chi connectivity index (χ3v) is 6.51. The number of carbonyl (C=O) groups excluding carboxylic acids is 3. The van der Waals surface area contributed by atoms with E-state index in [1.165, 1.54) is 7.11 Å². The van der Waals surface area contributed by atoms with Gasteiger partial charge in [-0.25, -0.2) is 4.79 Å². The predicted molar refractivity (Wildman–Crippen MR) is 120 cm³/mol. The molecule has 0 radical (unpaired) electrons. The molecule has 4 heterocycles. The molecule has 33 heavy (non-hydrogen) atoms. The fraction of sp³-hybridized carbons (Fsp3) is 0.375. The largest absolute Gasteiger partial charge is 0.465 e. The summed E-state index contributed by atoms with van der Waals surface area (Å²) in [6.07, 6.45) is 3.97. The average Bonchev–Trinajstić information content (AvgIpc) is 3.47. The van der Waals surface area contributed by atoms with E-state index in [4.69, 9.17) is 4.74 Å². The number of methoxy groups -OCH3 is 1. The number of esters is 1. The van der Waals surface area contributed by atoms with Crippen molar-refractivity contribution in [2.45, 2.75) is 25.2 Å². The quantitative estimate of drug-likeness (QED) is 0.569. The number of rotatable bonds is 4. The molecule has 2 atom stereocenters. The Labute approximate surface area is 190 Å². The molecule has 2 aliphatic rings. The third kappa shape index (κ3) is 3.94. The van der Waals surface area contributed by atoms with Gasteiger partial charge in [-0.2, -0.15) is 0 Å². The Balaban J connectivity index is 1.27. The standard InChI is InChI=1S/C24H25N5O4/c1-33-24(32)16-7-9-19(10-8-16)29-15-18(13-21(29)30)23(31)27-11-4-5-17(14-27)22-26-25-20-6-2-3-12-28(20)22/h2-3,6-10,12,17-18H,4-5,11,13-15H2,1H3/t17-,18+/m0/s1. The monoisotopic (exact) mass is 447 g/mol. The van der Waals surface area contributed by atoms with Crippen LogP contribution in [-0.2, 0) is 14.3 Å². The van der Waals surface area contributed by atoms with Crippen molar-refractivity contribution < 1.29 is 19.1 Å². The molecule has 0 saturated carbocycles. The van der Waals surface area contributed by atoms with Gasteiger partial charge in [-0.3, -0.25) is 14.0 Å². The Morgan fingerprint density at radius 2 is 1.88 bits per heavy atom. The van der Waals surface area contributed by atoms with Crippen LogP contribution in [0.15, 0.2) is 48.7 Å². The molecule has 0 aliphatic carbocycles. The first-order valence-corrected chi connectivity index (χ1v) is 11.1. The minimum absolute atomic E-state index is 0.00977. The maximum Gasteiger partial charge on any atom is 0.337 e. The Morgan fingerprint density at radius 1 is 1.06 bits per heavy atom. The molecule has 2 saturated heterocycles. The number of pyridine rings is 1. The van der Waals surface area contributed by atoms with Crippen molar-refractivity contribution in [3.8, 4) is 0 Å². The maximum atomic E-state index is 13.3. The second-order valence-corrected chi connectivity index (χ2v) is 8.55. The topological polar surface area (TPSA) is 97.1 Å². The first-order chi connectivity index (χ1) is 16.0. The number of carbonyl (C=O) groups is 3. The molecule has 0 spiro atoms. The van der Waals surface area contributed by atoms with E-state index in [1.54, 1.807) is 29.2 Å². The highest BCUT2D eigenvalue weighted by molar-refractivity contribution is 6.00. The van der Waals surface area contributed by atoms with Crippen molar-refractivity contribution in [2.24, 2.45) is 5.92 Å². The van der Waals surface area contributed by atoms with E-state index in [0.717, 1.165) is 24.3 Å². The lowest BCUT2D eigenvalue weighted by atomic mass is 9.95. The molecular weight excluding hydrogens is 422 g/mol. The van der Waals surface area contributed by atoms with Crippen LogP contribution in [0.3, 0.4) is 0 Å². The van der Waals surface area contributed by atoms with Crippen LogP contribution in [0.25, 0.3) is 5.65 Å². The number of nitrogens with zero attached hydrogens (tertiary/aromatic N) is 5. The lowest BCUT2D eigenvalue weighted by Gasteiger charge is -2.33. The summed E-state index contributed by atoms with van der Waals surface area (Å²) in [5.74, 6) is 0.0953. The van der Waals surface area contributed by atoms with Crippen LogP contribution in [0.1, 0.15) is 41.4 Å². The van der Waals surface area contributed by atoms with Crippen LogP contribution in [0.4, 0.5) is 5.69 Å². The number of fused-ring (bicyclic) bond motifs is 1. The molecule has 2 fully saturated rings. The third-order valence-electron chi connectivity index (χ3n) is 6.51. The molecule has 3 aromatic rings. The van der Waals surface area contributed by atoms with Crippen LogP contribution in [-0.4, -0.2) is 64.0 Å². The number of likely N-dealkylation sites (tertiary alicyclic amines) is 1. The van der Waals surface area contributed by atoms with Crippen molar-refractivity contribution in [1.82, 2.24) is 19.5 Å². The number of hydrogen-bond donors (Lipinski definition) is 0. The van der Waals surface area contributed by atoms with Crippen LogP contribution < -0.4 is 4.90 Å². The molecule has 5 rings (SSSR count). The van der Waals surface area contributed by atoms with E-state index >= 15 is 0 Å². The number of anilines is 1. The zero-order chi connectivity index (χ0) is 22.9. The SMILES string of the molecule is COC(=O)c1ccc(N2C[C@H](C(=O)N3CCC[C@H](c4nnc5ccccn45)C3)CC2=O)cc1. The highest BCUT2D eigenvalue weighted by Gasteiger charge is 2.39. The molecule has 2 aliphatic heterocycles. The van der Waals surface area contributed by atoms with E-state index in [0.29, 0.717) is 30.9 Å². The molecule has 0 bridgehead atoms. The van der Waals surface area contributed by atoms with Crippen LogP contribution >= 0.6 is 0 Å². The summed E-state index contributed by atoms with van der Waals surface area (Å²) in [5.41, 5.74) is 1.89. The summed E-state index contributed by atoms with van der Waals surface area (Å²) >= 11 is 0. The molecule has 0 unspecified atom stereocenters. The van der Waals surface area contributed by atoms with Crippen molar-refractivity contribution in [1.29, 1.82) is 0 Å². The Hall–Kier alpha value is -3.75. The van der Waals surface area contributed by atoms with Gasteiger partial charge in [0.15, 0.2) is 5.65 Å². The van der Waals surface area contributed by atoms with Gasteiger partial charge in [-0.15, -0.1) is 10.2 Å². The number of amides is 2. The summed E-state index contributed by atoms with van der Waals surface area (Å²) in [4.78, 5) is 41.2. The molecule has 0 N–H and O–H groups in total. The zero-order valence-corrected chi connectivity index (χ0v) is 18.4. The van der Waals surface area contributed by atoms with Gasteiger partial charge < -0.3 is 14.5 Å². The van der Waals surface area contributed by atoms with Gasteiger partial charge in [0.05, 0.1) is 18.6 Å². The van der Waals surface area contributed by atoms with E-state index in [1.807, 2.05) is 33.7 Å². The van der Waals surface area contributed by atoms with Crippen LogP contribution in [0.5, 0.6) is 0 Å². The Kier molecular flexibility index (Phi) is 5.53. The minimum Gasteiger partial charge on any atom is -0.465 e. The first kappa shape index (κ1) is 21.1. The average molecular weight is 447 g/mol. The lowest BCUT2D eigenvalue weighted by molar-refractivity contribution is -0.137. The van der Waals surface area contributed by atoms with Crippen LogP contribution in [0, 0.1) is 5.92 Å². The normalized spacial score (nSPS) is 20.9. The highest BCUT2D eigenvalue weighted by Crippen LogP contribution is 2.30. The smallest absolute Gasteiger partial charge is 0.337 e. The van der Waals surface area contributed by atoms with E-state index in [2.05, 4.69) is 10.2 Å². The lowest BCUT2D eigenvalue weighted by Crippen LogP contribution is -2.43. The van der Waals surface area contributed by atoms with Gasteiger partial charge in [0.25, 0.3) is 0 Å². The second-order valence-electron chi connectivity index (χ2n) is 8.55. The molecular formula is C24H25N5O4. The number of aromatic nitrogens is 3. The zero-order valence-electron chi connectivity index (χ0n) is 18.4. The van der Waals surface area contributed by atoms with Gasteiger partial charge in [0, 0.05) is 43.9 Å². The summed E-state index contributed by atoms with van der Waals surface area (Å²) in [7, 11) is 1.33. The summed E-state index contributed by atoms with van der Waals surface area (Å²) in [6, 6.07) is 12.5. The summed E-state index contributed by atoms with van der Waals surface area (Å²) in [6.45, 7) is 1.60. The molecule has 170 valence electrons. The minimum atomic E-state index is -0.428. The Bertz CT molecular complexity index is 1210. The fourth-order valence-electron chi connectivity index (χ4n) is 4.80. The van der Waals surface area contributed by atoms with E-state index in [9.17, 15) is 14.4 Å². The van der Waals surface area contributed by atoms with Crippen LogP contribution in [0.2, 0.25) is 0 Å². The van der Waals surface area contributed by atoms with Crippen molar-refractivity contribution in [3.63, 3.8) is 0 Å².